The lowest BCUT2D eigenvalue weighted by Crippen LogP contribution is -2.38. The van der Waals surface area contributed by atoms with Crippen LogP contribution in [0, 0.1) is 0 Å². The van der Waals surface area contributed by atoms with Crippen molar-refractivity contribution in [3.8, 4) is 5.75 Å². The van der Waals surface area contributed by atoms with Crippen molar-refractivity contribution >= 4 is 44.1 Å². The van der Waals surface area contributed by atoms with Gasteiger partial charge in [-0.05, 0) is 25.3 Å². The minimum Gasteiger partial charge on any atom is -0.494 e. The predicted molar refractivity (Wildman–Crippen MR) is 132 cm³/mol. The summed E-state index contributed by atoms with van der Waals surface area (Å²) in [6, 6.07) is 7.81. The molecule has 0 saturated carbocycles. The Hall–Kier alpha value is -2.87. The smallest absolute Gasteiger partial charge is 0.267 e. The maximum Gasteiger partial charge on any atom is 0.267 e. The Balaban J connectivity index is 1.74. The van der Waals surface area contributed by atoms with Crippen LogP contribution in [-0.2, 0) is 11.3 Å². The number of thiophene rings is 1. The van der Waals surface area contributed by atoms with E-state index in [2.05, 4.69) is 12.2 Å². The Morgan fingerprint density at radius 1 is 1.21 bits per heavy atom. The van der Waals surface area contributed by atoms with Crippen molar-refractivity contribution in [1.29, 1.82) is 0 Å². The van der Waals surface area contributed by atoms with Gasteiger partial charge in [0.05, 0.1) is 17.3 Å². The molecule has 1 aliphatic heterocycles. The number of carbonyl (C=O) groups is 2. The molecule has 0 bridgehead atoms. The molecule has 4 rings (SSSR count). The van der Waals surface area contributed by atoms with Crippen molar-refractivity contribution < 1.29 is 14.3 Å². The highest BCUT2D eigenvalue weighted by Gasteiger charge is 2.32. The van der Waals surface area contributed by atoms with Gasteiger partial charge in [0.25, 0.3) is 11.5 Å². The molecule has 2 aromatic heterocycles. The highest BCUT2D eigenvalue weighted by molar-refractivity contribution is 7.22. The number of fused-ring (bicyclic) bond motifs is 3. The summed E-state index contributed by atoms with van der Waals surface area (Å²) >= 11 is 1.33. The van der Waals surface area contributed by atoms with Gasteiger partial charge in [0.15, 0.2) is 5.75 Å². The zero-order valence-electron chi connectivity index (χ0n) is 19.5. The van der Waals surface area contributed by atoms with Crippen LogP contribution in [0.1, 0.15) is 55.6 Å². The Morgan fingerprint density at radius 2 is 2.00 bits per heavy atom. The lowest BCUT2D eigenvalue weighted by Gasteiger charge is -2.17. The van der Waals surface area contributed by atoms with Crippen LogP contribution < -0.4 is 15.6 Å². The number of aryl methyl sites for hydroxylation is 1. The van der Waals surface area contributed by atoms with Gasteiger partial charge in [-0.25, -0.2) is 0 Å². The molecule has 33 heavy (non-hydrogen) atoms. The summed E-state index contributed by atoms with van der Waals surface area (Å²) in [6.45, 7) is 5.72. The van der Waals surface area contributed by atoms with Gasteiger partial charge in [-0.3, -0.25) is 14.4 Å². The molecular formula is C25H31N3O4S. The van der Waals surface area contributed by atoms with Gasteiger partial charge >= 0.3 is 0 Å². The van der Waals surface area contributed by atoms with Crippen molar-refractivity contribution in [3.63, 3.8) is 0 Å². The van der Waals surface area contributed by atoms with E-state index in [0.717, 1.165) is 41.3 Å². The summed E-state index contributed by atoms with van der Waals surface area (Å²) in [6.07, 6.45) is 3.89. The molecule has 1 N–H and O–H groups in total. The van der Waals surface area contributed by atoms with Crippen molar-refractivity contribution in [3.05, 3.63) is 39.5 Å². The fourth-order valence-corrected chi connectivity index (χ4v) is 5.82. The fourth-order valence-electron chi connectivity index (χ4n) is 4.55. The summed E-state index contributed by atoms with van der Waals surface area (Å²) in [5, 5.41) is 4.45. The van der Waals surface area contributed by atoms with Crippen molar-refractivity contribution in [2.45, 2.75) is 58.5 Å². The molecule has 3 heterocycles. The van der Waals surface area contributed by atoms with Gasteiger partial charge in [-0.2, -0.15) is 0 Å². The molecule has 8 heteroatoms. The standard InChI is InChI=1S/C25H31N3O4S/c1-4-6-13-28-18-11-8-7-10-17(18)22-20(24(28)30)21(32-3)23(33-22)25(31)27-14-12-16(15-27)26-19(29)9-5-2/h7-8,10-11,16H,4-6,9,12-15H2,1-3H3,(H,26,29). The zero-order chi connectivity index (χ0) is 23.5. The summed E-state index contributed by atoms with van der Waals surface area (Å²) in [5.41, 5.74) is 0.765. The van der Waals surface area contributed by atoms with Crippen LogP contribution in [-0.4, -0.2) is 47.5 Å². The molecule has 7 nitrogen and oxygen atoms in total. The molecule has 176 valence electrons. The lowest BCUT2D eigenvalue weighted by molar-refractivity contribution is -0.121. The molecule has 2 amide bonds. The minimum absolute atomic E-state index is 0.0235. The molecule has 1 saturated heterocycles. The van der Waals surface area contributed by atoms with Crippen molar-refractivity contribution in [2.24, 2.45) is 0 Å². The van der Waals surface area contributed by atoms with E-state index in [9.17, 15) is 14.4 Å². The highest BCUT2D eigenvalue weighted by Crippen LogP contribution is 2.40. The van der Waals surface area contributed by atoms with Crippen LogP contribution in [0.5, 0.6) is 5.75 Å². The van der Waals surface area contributed by atoms with Gasteiger partial charge < -0.3 is 19.5 Å². The molecule has 1 aromatic carbocycles. The number of likely N-dealkylation sites (tertiary alicyclic amines) is 1. The second-order valence-corrected chi connectivity index (χ2v) is 9.57. The largest absolute Gasteiger partial charge is 0.494 e. The second kappa shape index (κ2) is 9.95. The number of unbranched alkanes of at least 4 members (excludes halogenated alkanes) is 1. The third kappa shape index (κ3) is 4.36. The Bertz CT molecular complexity index is 1250. The van der Waals surface area contributed by atoms with Crippen LogP contribution in [0.2, 0.25) is 0 Å². The third-order valence-electron chi connectivity index (χ3n) is 6.21. The average Bonchev–Trinajstić information content (AvgIpc) is 3.43. The number of amides is 2. The van der Waals surface area contributed by atoms with Crippen molar-refractivity contribution in [2.75, 3.05) is 20.2 Å². The maximum absolute atomic E-state index is 13.5. The summed E-state index contributed by atoms with van der Waals surface area (Å²) in [5.74, 6) is 0.235. The first-order valence-corrected chi connectivity index (χ1v) is 12.5. The number of hydrogen-bond acceptors (Lipinski definition) is 5. The van der Waals surface area contributed by atoms with Gasteiger partial charge in [0.2, 0.25) is 5.91 Å². The van der Waals surface area contributed by atoms with E-state index < -0.39 is 0 Å². The van der Waals surface area contributed by atoms with Crippen molar-refractivity contribution in [1.82, 2.24) is 14.8 Å². The van der Waals surface area contributed by atoms with E-state index in [1.807, 2.05) is 31.2 Å². The van der Waals surface area contributed by atoms with E-state index in [1.165, 1.54) is 18.4 Å². The molecule has 3 aromatic rings. The van der Waals surface area contributed by atoms with E-state index in [1.54, 1.807) is 9.47 Å². The van der Waals surface area contributed by atoms with E-state index in [4.69, 9.17) is 4.74 Å². The number of hydrogen-bond donors (Lipinski definition) is 1. The number of aromatic nitrogens is 1. The number of nitrogens with one attached hydrogen (secondary N) is 1. The monoisotopic (exact) mass is 469 g/mol. The first-order chi connectivity index (χ1) is 16.0. The number of ether oxygens (including phenoxy) is 1. The Morgan fingerprint density at radius 3 is 2.73 bits per heavy atom. The predicted octanol–water partition coefficient (Wildman–Crippen LogP) is 4.16. The van der Waals surface area contributed by atoms with Crippen LogP contribution in [0.3, 0.4) is 0 Å². The van der Waals surface area contributed by atoms with E-state index >= 15 is 0 Å². The average molecular weight is 470 g/mol. The van der Waals surface area contributed by atoms with Gasteiger partial charge in [0.1, 0.15) is 10.3 Å². The summed E-state index contributed by atoms with van der Waals surface area (Å²) in [4.78, 5) is 41.2. The molecule has 1 aliphatic rings. The first-order valence-electron chi connectivity index (χ1n) is 11.7. The Labute approximate surface area is 197 Å². The molecule has 0 spiro atoms. The van der Waals surface area contributed by atoms with E-state index in [0.29, 0.717) is 42.1 Å². The molecule has 0 aliphatic carbocycles. The fraction of sp³-hybridized carbons (Fsp3) is 0.480. The molecule has 1 fully saturated rings. The van der Waals surface area contributed by atoms with Crippen LogP contribution in [0.15, 0.2) is 29.1 Å². The molecule has 1 unspecified atom stereocenters. The topological polar surface area (TPSA) is 80.6 Å². The minimum atomic E-state index is -0.149. The number of nitrogens with zero attached hydrogens (tertiary/aromatic N) is 2. The number of para-hydroxylation sites is 1. The van der Waals surface area contributed by atoms with Crippen LogP contribution >= 0.6 is 11.3 Å². The number of carbonyl (C=O) groups excluding carboxylic acids is 2. The number of methoxy groups -OCH3 is 1. The van der Waals surface area contributed by atoms with E-state index in [-0.39, 0.29) is 23.4 Å². The van der Waals surface area contributed by atoms with Crippen LogP contribution in [0.25, 0.3) is 21.0 Å². The summed E-state index contributed by atoms with van der Waals surface area (Å²) in [7, 11) is 1.51. The molecular weight excluding hydrogens is 438 g/mol. The lowest BCUT2D eigenvalue weighted by atomic mass is 10.1. The first kappa shape index (κ1) is 23.3. The normalized spacial score (nSPS) is 16.0. The van der Waals surface area contributed by atoms with Crippen LogP contribution in [0.4, 0.5) is 0 Å². The Kier molecular flexibility index (Phi) is 7.02. The van der Waals surface area contributed by atoms with Gasteiger partial charge in [0, 0.05) is 37.5 Å². The number of pyridine rings is 1. The number of rotatable bonds is 8. The SMILES string of the molecule is CCCCn1c(=O)c2c(OC)c(C(=O)N3CCC(NC(=O)CCC)C3)sc2c2ccccc21. The summed E-state index contributed by atoms with van der Waals surface area (Å²) < 4.78 is 8.26. The molecule has 1 atom stereocenters. The quantitative estimate of drug-likeness (QED) is 0.537. The third-order valence-corrected chi connectivity index (χ3v) is 7.41. The molecule has 0 radical (unpaired) electrons. The maximum atomic E-state index is 13.5. The van der Waals surface area contributed by atoms with Gasteiger partial charge in [-0.1, -0.05) is 38.5 Å². The highest BCUT2D eigenvalue weighted by atomic mass is 32.1. The second-order valence-electron chi connectivity index (χ2n) is 8.55. The zero-order valence-corrected chi connectivity index (χ0v) is 20.3. The number of benzene rings is 1. The van der Waals surface area contributed by atoms with Gasteiger partial charge in [-0.15, -0.1) is 11.3 Å².